The van der Waals surface area contributed by atoms with Gasteiger partial charge in [-0.2, -0.15) is 0 Å². The van der Waals surface area contributed by atoms with E-state index in [1.54, 1.807) is 0 Å². The lowest BCUT2D eigenvalue weighted by atomic mass is 9.86. The van der Waals surface area contributed by atoms with Gasteiger partial charge in [0, 0.05) is 43.1 Å². The first kappa shape index (κ1) is 37.8. The largest absolute Gasteiger partial charge is 0.308 e. The Morgan fingerprint density at radius 2 is 0.614 bits per heavy atom. The van der Waals surface area contributed by atoms with Crippen molar-refractivity contribution in [1.29, 1.82) is 0 Å². The van der Waals surface area contributed by atoms with E-state index in [4.69, 9.17) is 0 Å². The predicted octanol–water partition coefficient (Wildman–Crippen LogP) is 18.6. The van der Waals surface area contributed by atoms with E-state index in [-0.39, 0.29) is 0 Å². The van der Waals surface area contributed by atoms with Crippen LogP contribution in [0.2, 0.25) is 0 Å². The standard InChI is InChI=1S/C68H40N2/c1-2-14-45(15-3-1)64-52-22-10-19-46(41-30-34-43(35-31-41)48-21-13-29-63-65(48)57-25-12-24-54-50-16-4-8-27-61(50)70(63)67(54)57)58(52)40-59-47(20-11-23-53(59)64)42-32-36-44(37-33-42)49-38-39-55-51-17-5-7-26-60(51)69-62-28-9-6-18-56(62)66(49)68(55)69/h1-40H. The Morgan fingerprint density at radius 1 is 0.200 bits per heavy atom. The normalized spacial score (nSPS) is 12.3. The van der Waals surface area contributed by atoms with Crippen molar-refractivity contribution in [2.24, 2.45) is 0 Å². The van der Waals surface area contributed by atoms with E-state index in [1.165, 1.54) is 153 Å². The second kappa shape index (κ2) is 14.1. The molecule has 16 aromatic rings. The molecular weight excluding hydrogens is 845 g/mol. The van der Waals surface area contributed by atoms with E-state index < -0.39 is 0 Å². The Balaban J connectivity index is 0.849. The summed E-state index contributed by atoms with van der Waals surface area (Å²) in [4.78, 5) is 0. The molecule has 4 aromatic heterocycles. The molecule has 0 amide bonds. The summed E-state index contributed by atoms with van der Waals surface area (Å²) in [5.41, 5.74) is 19.9. The topological polar surface area (TPSA) is 8.82 Å². The molecule has 4 heterocycles. The maximum Gasteiger partial charge on any atom is 0.0626 e. The van der Waals surface area contributed by atoms with Crippen LogP contribution in [0.4, 0.5) is 0 Å². The number of fused-ring (bicyclic) bond motifs is 14. The molecule has 0 spiro atoms. The highest BCUT2D eigenvalue weighted by Gasteiger charge is 2.23. The van der Waals surface area contributed by atoms with Crippen LogP contribution in [-0.2, 0) is 0 Å². The average Bonchev–Trinajstić information content (AvgIpc) is 4.17. The van der Waals surface area contributed by atoms with Gasteiger partial charge >= 0.3 is 0 Å². The zero-order valence-electron chi connectivity index (χ0n) is 38.0. The van der Waals surface area contributed by atoms with Crippen LogP contribution in [0.1, 0.15) is 0 Å². The number of para-hydroxylation sites is 4. The second-order valence-electron chi connectivity index (χ2n) is 19.1. The third kappa shape index (κ3) is 5.06. The van der Waals surface area contributed by atoms with Crippen molar-refractivity contribution in [3.8, 4) is 55.6 Å². The van der Waals surface area contributed by atoms with Gasteiger partial charge in [0.25, 0.3) is 0 Å². The molecule has 0 saturated heterocycles. The van der Waals surface area contributed by atoms with Gasteiger partial charge < -0.3 is 8.80 Å². The fourth-order valence-electron chi connectivity index (χ4n) is 12.7. The van der Waals surface area contributed by atoms with Crippen molar-refractivity contribution in [3.63, 3.8) is 0 Å². The third-order valence-electron chi connectivity index (χ3n) is 15.6. The van der Waals surface area contributed by atoms with Crippen LogP contribution in [0.15, 0.2) is 243 Å². The van der Waals surface area contributed by atoms with Crippen molar-refractivity contribution < 1.29 is 0 Å². The summed E-state index contributed by atoms with van der Waals surface area (Å²) >= 11 is 0. The van der Waals surface area contributed by atoms with Gasteiger partial charge in [0.2, 0.25) is 0 Å². The van der Waals surface area contributed by atoms with E-state index in [0.717, 1.165) is 0 Å². The van der Waals surface area contributed by atoms with E-state index in [0.29, 0.717) is 0 Å². The molecule has 0 bridgehead atoms. The van der Waals surface area contributed by atoms with Gasteiger partial charge in [0.15, 0.2) is 0 Å². The lowest BCUT2D eigenvalue weighted by Crippen LogP contribution is -1.91. The smallest absolute Gasteiger partial charge is 0.0626 e. The molecule has 16 rings (SSSR count). The molecule has 0 saturated carbocycles. The molecule has 70 heavy (non-hydrogen) atoms. The lowest BCUT2D eigenvalue weighted by molar-refractivity contribution is 1.37. The van der Waals surface area contributed by atoms with Crippen LogP contribution in [0.5, 0.6) is 0 Å². The fourth-order valence-corrected chi connectivity index (χ4v) is 12.7. The van der Waals surface area contributed by atoms with Gasteiger partial charge in [-0.15, -0.1) is 0 Å². The summed E-state index contributed by atoms with van der Waals surface area (Å²) in [5, 5.41) is 15.4. The second-order valence-corrected chi connectivity index (χ2v) is 19.1. The van der Waals surface area contributed by atoms with E-state index in [9.17, 15) is 0 Å². The van der Waals surface area contributed by atoms with Gasteiger partial charge in [0.05, 0.1) is 33.1 Å². The Labute approximate surface area is 402 Å². The van der Waals surface area contributed by atoms with E-state index in [1.807, 2.05) is 0 Å². The van der Waals surface area contributed by atoms with Crippen LogP contribution < -0.4 is 0 Å². The van der Waals surface area contributed by atoms with Crippen LogP contribution in [0.25, 0.3) is 153 Å². The number of hydrogen-bond donors (Lipinski definition) is 0. The molecule has 0 N–H and O–H groups in total. The highest BCUT2D eigenvalue weighted by molar-refractivity contribution is 6.28. The highest BCUT2D eigenvalue weighted by Crippen LogP contribution is 2.47. The Kier molecular flexibility index (Phi) is 7.64. The minimum absolute atomic E-state index is 1.20. The quantitative estimate of drug-likeness (QED) is 0.152. The lowest BCUT2D eigenvalue weighted by Gasteiger charge is -2.18. The number of rotatable bonds is 5. The van der Waals surface area contributed by atoms with Crippen LogP contribution in [0.3, 0.4) is 0 Å². The average molecular weight is 885 g/mol. The molecule has 2 heteroatoms. The SMILES string of the molecule is c1ccc(-c2c3cccc(-c4ccc(-c5cccc6c5c5cccc7c8ccccc8n6c75)cc4)c3cc3c(-c4ccc(-c5ccc6c7ccccc7n7c8ccccc8c5c67)cc4)cccc23)cc1. The van der Waals surface area contributed by atoms with Crippen molar-refractivity contribution in [2.45, 2.75) is 0 Å². The van der Waals surface area contributed by atoms with Crippen LogP contribution in [-0.4, -0.2) is 8.80 Å². The zero-order valence-corrected chi connectivity index (χ0v) is 38.0. The number of nitrogens with zero attached hydrogens (tertiary/aromatic N) is 2. The summed E-state index contributed by atoms with van der Waals surface area (Å²) in [5.74, 6) is 0. The fraction of sp³-hybridized carbons (Fsp3) is 0. The van der Waals surface area contributed by atoms with Gasteiger partial charge in [-0.1, -0.05) is 212 Å². The monoisotopic (exact) mass is 884 g/mol. The molecule has 322 valence electrons. The molecule has 0 fully saturated rings. The van der Waals surface area contributed by atoms with Gasteiger partial charge in [0.1, 0.15) is 0 Å². The van der Waals surface area contributed by atoms with Gasteiger partial charge in [-0.25, -0.2) is 0 Å². The van der Waals surface area contributed by atoms with Crippen molar-refractivity contribution in [1.82, 2.24) is 8.80 Å². The Bertz CT molecular complexity index is 4780. The summed E-state index contributed by atoms with van der Waals surface area (Å²) in [6.45, 7) is 0. The molecule has 0 radical (unpaired) electrons. The summed E-state index contributed by atoms with van der Waals surface area (Å²) in [6, 6.07) is 90.4. The van der Waals surface area contributed by atoms with Crippen molar-refractivity contribution in [3.05, 3.63) is 243 Å². The summed E-state index contributed by atoms with van der Waals surface area (Å²) in [7, 11) is 0. The first-order chi connectivity index (χ1) is 34.8. The number of benzene rings is 12. The summed E-state index contributed by atoms with van der Waals surface area (Å²) in [6.07, 6.45) is 0. The molecule has 0 unspecified atom stereocenters. The van der Waals surface area contributed by atoms with Gasteiger partial charge in [-0.05, 0) is 108 Å². The molecule has 12 aromatic carbocycles. The number of hydrogen-bond acceptors (Lipinski definition) is 0. The first-order valence-electron chi connectivity index (χ1n) is 24.3. The third-order valence-corrected chi connectivity index (χ3v) is 15.6. The maximum absolute atomic E-state index is 2.47. The maximum atomic E-state index is 2.47. The van der Waals surface area contributed by atoms with E-state index >= 15 is 0 Å². The molecule has 0 aliphatic heterocycles. The zero-order chi connectivity index (χ0) is 45.6. The molecule has 0 aliphatic rings. The minimum Gasteiger partial charge on any atom is -0.308 e. The van der Waals surface area contributed by atoms with Crippen LogP contribution >= 0.6 is 0 Å². The number of aromatic nitrogens is 2. The molecule has 0 atom stereocenters. The first-order valence-corrected chi connectivity index (χ1v) is 24.3. The van der Waals surface area contributed by atoms with Gasteiger partial charge in [-0.3, -0.25) is 0 Å². The molecule has 0 aliphatic carbocycles. The Morgan fingerprint density at radius 3 is 1.24 bits per heavy atom. The minimum atomic E-state index is 1.20. The predicted molar refractivity (Wildman–Crippen MR) is 298 cm³/mol. The molecule has 2 nitrogen and oxygen atoms in total. The highest BCUT2D eigenvalue weighted by atomic mass is 14.9. The summed E-state index contributed by atoms with van der Waals surface area (Å²) < 4.78 is 4.94. The van der Waals surface area contributed by atoms with Crippen molar-refractivity contribution >= 4 is 97.7 Å². The van der Waals surface area contributed by atoms with Crippen LogP contribution in [0, 0.1) is 0 Å². The Hall–Kier alpha value is -9.24. The molecular formula is C68H40N2. The van der Waals surface area contributed by atoms with Crippen molar-refractivity contribution in [2.75, 3.05) is 0 Å². The van der Waals surface area contributed by atoms with E-state index in [2.05, 4.69) is 251 Å².